The molecule has 6 nitrogen and oxygen atoms in total. The highest BCUT2D eigenvalue weighted by Gasteiger charge is 2.30. The summed E-state index contributed by atoms with van der Waals surface area (Å²) in [6, 6.07) is 1.76. The van der Waals surface area contributed by atoms with Gasteiger partial charge in [-0.3, -0.25) is 9.69 Å². The standard InChI is InChI=1S/C10H15N5O/c1-6-2-8(14-10(12)13-6)15-5-7(4-11)3-9(15)16/h2,7H,3-5,11H2,1H3,(H2,12,13,14). The van der Waals surface area contributed by atoms with E-state index in [9.17, 15) is 4.79 Å². The fourth-order valence-corrected chi connectivity index (χ4v) is 1.87. The Morgan fingerprint density at radius 2 is 2.31 bits per heavy atom. The van der Waals surface area contributed by atoms with Gasteiger partial charge in [0.05, 0.1) is 0 Å². The van der Waals surface area contributed by atoms with Crippen LogP contribution in [0.3, 0.4) is 0 Å². The van der Waals surface area contributed by atoms with Crippen molar-refractivity contribution in [2.45, 2.75) is 13.3 Å². The quantitative estimate of drug-likeness (QED) is 0.713. The van der Waals surface area contributed by atoms with E-state index in [1.807, 2.05) is 6.92 Å². The van der Waals surface area contributed by atoms with Gasteiger partial charge >= 0.3 is 0 Å². The molecule has 1 unspecified atom stereocenters. The van der Waals surface area contributed by atoms with Gasteiger partial charge in [-0.25, -0.2) is 4.98 Å². The van der Waals surface area contributed by atoms with Crippen LogP contribution in [0.15, 0.2) is 6.07 Å². The smallest absolute Gasteiger partial charge is 0.228 e. The summed E-state index contributed by atoms with van der Waals surface area (Å²) in [5, 5.41) is 0. The van der Waals surface area contributed by atoms with Crippen molar-refractivity contribution in [2.75, 3.05) is 23.7 Å². The molecule has 0 aromatic carbocycles. The Kier molecular flexibility index (Phi) is 2.74. The average molecular weight is 221 g/mol. The first kappa shape index (κ1) is 10.8. The van der Waals surface area contributed by atoms with Gasteiger partial charge in [-0.2, -0.15) is 4.98 Å². The molecule has 16 heavy (non-hydrogen) atoms. The SMILES string of the molecule is Cc1cc(N2CC(CN)CC2=O)nc(N)n1. The summed E-state index contributed by atoms with van der Waals surface area (Å²) in [7, 11) is 0. The number of rotatable bonds is 2. The molecule has 6 heteroatoms. The minimum atomic E-state index is 0.0490. The zero-order valence-corrected chi connectivity index (χ0v) is 9.18. The van der Waals surface area contributed by atoms with E-state index in [1.54, 1.807) is 11.0 Å². The second-order valence-electron chi connectivity index (χ2n) is 4.04. The molecule has 1 aliphatic rings. The maximum atomic E-state index is 11.7. The molecule has 2 rings (SSSR count). The summed E-state index contributed by atoms with van der Waals surface area (Å²) in [6.07, 6.45) is 0.486. The second kappa shape index (κ2) is 4.05. The van der Waals surface area contributed by atoms with E-state index >= 15 is 0 Å². The Bertz CT molecular complexity index is 399. The minimum absolute atomic E-state index is 0.0490. The number of carbonyl (C=O) groups is 1. The number of nitrogens with two attached hydrogens (primary N) is 2. The first-order valence-electron chi connectivity index (χ1n) is 5.21. The molecule has 1 saturated heterocycles. The third kappa shape index (κ3) is 1.96. The van der Waals surface area contributed by atoms with Crippen LogP contribution in [-0.4, -0.2) is 29.0 Å². The zero-order valence-electron chi connectivity index (χ0n) is 9.18. The van der Waals surface area contributed by atoms with Crippen LogP contribution in [0, 0.1) is 12.8 Å². The Hall–Kier alpha value is -1.69. The van der Waals surface area contributed by atoms with Crippen molar-refractivity contribution in [3.63, 3.8) is 0 Å². The average Bonchev–Trinajstić information content (AvgIpc) is 2.58. The molecule has 1 atom stereocenters. The number of hydrogen-bond donors (Lipinski definition) is 2. The molecule has 1 aromatic rings. The lowest BCUT2D eigenvalue weighted by Crippen LogP contribution is -2.27. The Labute approximate surface area is 93.7 Å². The summed E-state index contributed by atoms with van der Waals surface area (Å²) >= 11 is 0. The lowest BCUT2D eigenvalue weighted by Gasteiger charge is -2.15. The summed E-state index contributed by atoms with van der Waals surface area (Å²) in [4.78, 5) is 21.4. The van der Waals surface area contributed by atoms with Crippen molar-refractivity contribution in [2.24, 2.45) is 11.7 Å². The van der Waals surface area contributed by atoms with Crippen LogP contribution in [-0.2, 0) is 4.79 Å². The second-order valence-corrected chi connectivity index (χ2v) is 4.04. The van der Waals surface area contributed by atoms with Gasteiger partial charge in [0.15, 0.2) is 0 Å². The fraction of sp³-hybridized carbons (Fsp3) is 0.500. The van der Waals surface area contributed by atoms with E-state index in [0.29, 0.717) is 25.3 Å². The van der Waals surface area contributed by atoms with Gasteiger partial charge in [0.25, 0.3) is 0 Å². The normalized spacial score (nSPS) is 20.5. The number of aromatic nitrogens is 2. The molecule has 1 fully saturated rings. The van der Waals surface area contributed by atoms with E-state index in [0.717, 1.165) is 5.69 Å². The van der Waals surface area contributed by atoms with Crippen molar-refractivity contribution >= 4 is 17.7 Å². The van der Waals surface area contributed by atoms with Gasteiger partial charge in [0, 0.05) is 24.7 Å². The Morgan fingerprint density at radius 3 is 2.88 bits per heavy atom. The van der Waals surface area contributed by atoms with Crippen LogP contribution < -0.4 is 16.4 Å². The minimum Gasteiger partial charge on any atom is -0.368 e. The number of amides is 1. The molecule has 0 bridgehead atoms. The highest BCUT2D eigenvalue weighted by Crippen LogP contribution is 2.23. The molecule has 86 valence electrons. The number of carbonyl (C=O) groups excluding carboxylic acids is 1. The molecule has 0 spiro atoms. The van der Waals surface area contributed by atoms with Crippen molar-refractivity contribution in [1.29, 1.82) is 0 Å². The molecule has 0 saturated carbocycles. The summed E-state index contributed by atoms with van der Waals surface area (Å²) in [5.41, 5.74) is 11.9. The fourth-order valence-electron chi connectivity index (χ4n) is 1.87. The van der Waals surface area contributed by atoms with Gasteiger partial charge in [0.1, 0.15) is 5.82 Å². The monoisotopic (exact) mass is 221 g/mol. The van der Waals surface area contributed by atoms with Gasteiger partial charge in [-0.1, -0.05) is 0 Å². The molecule has 1 aliphatic heterocycles. The van der Waals surface area contributed by atoms with Crippen LogP contribution in [0.2, 0.25) is 0 Å². The van der Waals surface area contributed by atoms with Crippen LogP contribution in [0.1, 0.15) is 12.1 Å². The zero-order chi connectivity index (χ0) is 11.7. The molecule has 2 heterocycles. The van der Waals surface area contributed by atoms with Crippen molar-refractivity contribution < 1.29 is 4.79 Å². The summed E-state index contributed by atoms with van der Waals surface area (Å²) < 4.78 is 0. The summed E-state index contributed by atoms with van der Waals surface area (Å²) in [6.45, 7) is 2.95. The van der Waals surface area contributed by atoms with Gasteiger partial charge in [-0.05, 0) is 19.4 Å². The molecule has 0 aliphatic carbocycles. The van der Waals surface area contributed by atoms with Crippen LogP contribution in [0.4, 0.5) is 11.8 Å². The predicted molar refractivity (Wildman–Crippen MR) is 60.7 cm³/mol. The molecular formula is C10H15N5O. The molecule has 4 N–H and O–H groups in total. The lowest BCUT2D eigenvalue weighted by atomic mass is 10.1. The number of nitrogens with zero attached hydrogens (tertiary/aromatic N) is 3. The van der Waals surface area contributed by atoms with E-state index in [2.05, 4.69) is 9.97 Å². The van der Waals surface area contributed by atoms with E-state index in [4.69, 9.17) is 11.5 Å². The molecule has 0 radical (unpaired) electrons. The predicted octanol–water partition coefficient (Wildman–Crippen LogP) is -0.321. The topological polar surface area (TPSA) is 98.1 Å². The van der Waals surface area contributed by atoms with Crippen LogP contribution in [0.25, 0.3) is 0 Å². The Balaban J connectivity index is 2.27. The molecular weight excluding hydrogens is 206 g/mol. The Morgan fingerprint density at radius 1 is 1.56 bits per heavy atom. The van der Waals surface area contributed by atoms with Crippen molar-refractivity contribution in [3.8, 4) is 0 Å². The summed E-state index contributed by atoms with van der Waals surface area (Å²) in [5.74, 6) is 1.03. The largest absolute Gasteiger partial charge is 0.368 e. The first-order valence-corrected chi connectivity index (χ1v) is 5.21. The van der Waals surface area contributed by atoms with Gasteiger partial charge < -0.3 is 11.5 Å². The van der Waals surface area contributed by atoms with E-state index < -0.39 is 0 Å². The third-order valence-electron chi connectivity index (χ3n) is 2.67. The van der Waals surface area contributed by atoms with E-state index in [1.165, 1.54) is 0 Å². The molecule has 1 amide bonds. The lowest BCUT2D eigenvalue weighted by molar-refractivity contribution is -0.117. The third-order valence-corrected chi connectivity index (χ3v) is 2.67. The van der Waals surface area contributed by atoms with Crippen molar-refractivity contribution in [1.82, 2.24) is 9.97 Å². The van der Waals surface area contributed by atoms with E-state index in [-0.39, 0.29) is 17.8 Å². The number of hydrogen-bond acceptors (Lipinski definition) is 5. The van der Waals surface area contributed by atoms with Crippen LogP contribution in [0.5, 0.6) is 0 Å². The number of anilines is 2. The number of aryl methyl sites for hydroxylation is 1. The first-order chi connectivity index (χ1) is 7.60. The highest BCUT2D eigenvalue weighted by molar-refractivity contribution is 5.95. The van der Waals surface area contributed by atoms with Crippen LogP contribution >= 0.6 is 0 Å². The van der Waals surface area contributed by atoms with Gasteiger partial charge in [-0.15, -0.1) is 0 Å². The molecule has 1 aromatic heterocycles. The highest BCUT2D eigenvalue weighted by atomic mass is 16.2. The number of nitrogen functional groups attached to an aromatic ring is 1. The van der Waals surface area contributed by atoms with Gasteiger partial charge in [0.2, 0.25) is 11.9 Å². The van der Waals surface area contributed by atoms with Crippen molar-refractivity contribution in [3.05, 3.63) is 11.8 Å². The maximum Gasteiger partial charge on any atom is 0.228 e. The maximum absolute atomic E-state index is 11.7.